The lowest BCUT2D eigenvalue weighted by Gasteiger charge is -2.60. The van der Waals surface area contributed by atoms with Crippen LogP contribution in [0.3, 0.4) is 0 Å². The van der Waals surface area contributed by atoms with Crippen LogP contribution >= 0.6 is 0 Å². The highest BCUT2D eigenvalue weighted by molar-refractivity contribution is 5.78. The van der Waals surface area contributed by atoms with Gasteiger partial charge in [-0.2, -0.15) is 0 Å². The molecule has 1 nitrogen and oxygen atoms in total. The van der Waals surface area contributed by atoms with Gasteiger partial charge in [0, 0.05) is 11.8 Å². The zero-order valence-electron chi connectivity index (χ0n) is 23.0. The van der Waals surface area contributed by atoms with E-state index in [-0.39, 0.29) is 11.8 Å². The van der Waals surface area contributed by atoms with Crippen LogP contribution in [0.1, 0.15) is 78.6 Å². The molecular formula is C41H28O. The first kappa shape index (κ1) is 22.9. The summed E-state index contributed by atoms with van der Waals surface area (Å²) in [6, 6.07) is 53.4. The van der Waals surface area contributed by atoms with Gasteiger partial charge < -0.3 is 5.11 Å². The molecule has 0 atom stereocenters. The summed E-state index contributed by atoms with van der Waals surface area (Å²) in [4.78, 5) is 0. The lowest BCUT2D eigenvalue weighted by molar-refractivity contribution is 0.0642. The van der Waals surface area contributed by atoms with Gasteiger partial charge in [0.15, 0.2) is 0 Å². The van der Waals surface area contributed by atoms with Crippen molar-refractivity contribution in [1.82, 2.24) is 0 Å². The fourth-order valence-corrected chi connectivity index (χ4v) is 9.73. The van der Waals surface area contributed by atoms with Gasteiger partial charge in [-0.1, -0.05) is 146 Å². The van der Waals surface area contributed by atoms with Gasteiger partial charge in [0.2, 0.25) is 0 Å². The SMILES string of the molecule is OC(C12c3ccccc3C(c3ccccc31)c1ccccc12)C12c3ccccc3C(c3ccccc31)c1ccccc12. The van der Waals surface area contributed by atoms with E-state index in [2.05, 4.69) is 146 Å². The number of hydrogen-bond acceptors (Lipinski definition) is 1. The molecule has 0 spiro atoms. The fraction of sp³-hybridized carbons (Fsp3) is 0.122. The lowest BCUT2D eigenvalue weighted by Crippen LogP contribution is -2.61. The first-order valence-electron chi connectivity index (χ1n) is 15.0. The van der Waals surface area contributed by atoms with Crippen molar-refractivity contribution in [3.8, 4) is 0 Å². The average Bonchev–Trinajstić information content (AvgIpc) is 3.07. The number of aliphatic hydroxyl groups is 1. The average molecular weight is 537 g/mol. The Morgan fingerprint density at radius 1 is 0.333 bits per heavy atom. The van der Waals surface area contributed by atoms with Crippen molar-refractivity contribution in [3.63, 3.8) is 0 Å². The topological polar surface area (TPSA) is 20.2 Å². The second kappa shape index (κ2) is 7.76. The summed E-state index contributed by atoms with van der Waals surface area (Å²) in [7, 11) is 0. The van der Waals surface area contributed by atoms with Gasteiger partial charge in [-0.15, -0.1) is 0 Å². The Kier molecular flexibility index (Phi) is 4.23. The second-order valence-electron chi connectivity index (χ2n) is 12.4. The summed E-state index contributed by atoms with van der Waals surface area (Å²) in [5.74, 6) is 0.322. The van der Waals surface area contributed by atoms with Gasteiger partial charge in [-0.3, -0.25) is 0 Å². The first-order valence-corrected chi connectivity index (χ1v) is 15.0. The van der Waals surface area contributed by atoms with Crippen molar-refractivity contribution in [1.29, 1.82) is 0 Å². The third-order valence-corrected chi connectivity index (χ3v) is 11.0. The molecule has 1 N–H and O–H groups in total. The summed E-state index contributed by atoms with van der Waals surface area (Å²) in [5, 5.41) is 13.9. The molecule has 0 aliphatic heterocycles. The molecule has 42 heavy (non-hydrogen) atoms. The number of aliphatic hydroxyl groups excluding tert-OH is 1. The molecule has 0 saturated carbocycles. The normalized spacial score (nSPS) is 25.4. The summed E-state index contributed by atoms with van der Waals surface area (Å²) < 4.78 is 0. The van der Waals surface area contributed by atoms with Crippen molar-refractivity contribution in [2.45, 2.75) is 28.8 Å². The molecule has 12 rings (SSSR count). The highest BCUT2D eigenvalue weighted by atomic mass is 16.3. The van der Waals surface area contributed by atoms with Crippen LogP contribution in [0.15, 0.2) is 146 Å². The van der Waals surface area contributed by atoms with Gasteiger partial charge in [0.05, 0.1) is 16.9 Å². The van der Waals surface area contributed by atoms with E-state index < -0.39 is 16.9 Å². The van der Waals surface area contributed by atoms with Crippen molar-refractivity contribution >= 4 is 0 Å². The third kappa shape index (κ3) is 2.33. The van der Waals surface area contributed by atoms with Gasteiger partial charge in [-0.05, 0) is 66.8 Å². The van der Waals surface area contributed by atoms with Crippen molar-refractivity contribution in [2.24, 2.45) is 0 Å². The molecule has 0 saturated heterocycles. The summed E-state index contributed by atoms with van der Waals surface area (Å²) >= 11 is 0. The largest absolute Gasteiger partial charge is 0.390 e. The molecule has 6 aromatic rings. The van der Waals surface area contributed by atoms with E-state index in [1.807, 2.05) is 0 Å². The maximum atomic E-state index is 13.9. The summed E-state index contributed by atoms with van der Waals surface area (Å²) in [6.45, 7) is 0. The summed E-state index contributed by atoms with van der Waals surface area (Å²) in [6.07, 6.45) is -0.820. The van der Waals surface area contributed by atoms with Crippen LogP contribution < -0.4 is 0 Å². The van der Waals surface area contributed by atoms with E-state index in [0.717, 1.165) is 0 Å². The van der Waals surface area contributed by atoms with Gasteiger partial charge in [-0.25, -0.2) is 0 Å². The van der Waals surface area contributed by atoms with Crippen LogP contribution in [0.5, 0.6) is 0 Å². The van der Waals surface area contributed by atoms with Gasteiger partial charge in [0.1, 0.15) is 0 Å². The molecule has 0 fully saturated rings. The van der Waals surface area contributed by atoms with Gasteiger partial charge >= 0.3 is 0 Å². The molecule has 6 aromatic carbocycles. The monoisotopic (exact) mass is 536 g/mol. The number of benzene rings is 6. The molecule has 0 radical (unpaired) electrons. The Labute approximate surface area is 245 Å². The summed E-state index contributed by atoms with van der Waals surface area (Å²) in [5.41, 5.74) is 13.7. The molecule has 1 heteroatoms. The molecule has 6 aliphatic rings. The predicted molar refractivity (Wildman–Crippen MR) is 166 cm³/mol. The molecule has 0 amide bonds. The Morgan fingerprint density at radius 3 is 0.738 bits per heavy atom. The quantitative estimate of drug-likeness (QED) is 0.238. The van der Waals surface area contributed by atoms with Crippen molar-refractivity contribution in [3.05, 3.63) is 212 Å². The van der Waals surface area contributed by atoms with Crippen molar-refractivity contribution < 1.29 is 5.11 Å². The van der Waals surface area contributed by atoms with E-state index in [4.69, 9.17) is 0 Å². The fourth-order valence-electron chi connectivity index (χ4n) is 9.73. The highest BCUT2D eigenvalue weighted by Gasteiger charge is 2.65. The van der Waals surface area contributed by atoms with Crippen LogP contribution in [-0.4, -0.2) is 11.2 Å². The minimum atomic E-state index is -0.820. The van der Waals surface area contributed by atoms with E-state index >= 15 is 0 Å². The first-order chi connectivity index (χ1) is 20.8. The second-order valence-corrected chi connectivity index (χ2v) is 12.4. The van der Waals surface area contributed by atoms with E-state index in [0.29, 0.717) is 0 Å². The molecular weight excluding hydrogens is 508 g/mol. The Morgan fingerprint density at radius 2 is 0.524 bits per heavy atom. The predicted octanol–water partition coefficient (Wildman–Crippen LogP) is 8.03. The number of rotatable bonds is 2. The Balaban J connectivity index is 1.42. The smallest absolute Gasteiger partial charge is 0.0896 e. The minimum Gasteiger partial charge on any atom is -0.390 e. The van der Waals surface area contributed by atoms with Crippen LogP contribution in [0.25, 0.3) is 0 Å². The molecule has 0 aromatic heterocycles. The standard InChI is InChI=1S/C41H28O/c42-39(40-31-19-7-1-13-25(31)37(26-14-2-8-20-32(26)40)27-15-3-9-21-33(27)40)41-34-22-10-4-16-28(34)38(29-17-5-11-23-35(29)41)30-18-6-12-24-36(30)41/h1-24,37-39,42H. The van der Waals surface area contributed by atoms with E-state index in [1.54, 1.807) is 0 Å². The zero-order valence-corrected chi connectivity index (χ0v) is 23.0. The molecule has 4 bridgehead atoms. The maximum absolute atomic E-state index is 13.9. The van der Waals surface area contributed by atoms with Crippen LogP contribution in [-0.2, 0) is 10.8 Å². The highest BCUT2D eigenvalue weighted by Crippen LogP contribution is 2.68. The Hall–Kier alpha value is -4.72. The third-order valence-electron chi connectivity index (χ3n) is 11.0. The van der Waals surface area contributed by atoms with Crippen LogP contribution in [0.4, 0.5) is 0 Å². The van der Waals surface area contributed by atoms with Crippen LogP contribution in [0, 0.1) is 0 Å². The van der Waals surface area contributed by atoms with E-state index in [1.165, 1.54) is 66.8 Å². The Bertz CT molecular complexity index is 1720. The van der Waals surface area contributed by atoms with Crippen molar-refractivity contribution in [2.75, 3.05) is 0 Å². The zero-order chi connectivity index (χ0) is 27.6. The van der Waals surface area contributed by atoms with Crippen LogP contribution in [0.2, 0.25) is 0 Å². The van der Waals surface area contributed by atoms with Gasteiger partial charge in [0.25, 0.3) is 0 Å². The number of hydrogen-bond donors (Lipinski definition) is 1. The molecule has 6 aliphatic carbocycles. The van der Waals surface area contributed by atoms with E-state index in [9.17, 15) is 5.11 Å². The molecule has 0 unspecified atom stereocenters. The molecule has 0 heterocycles. The maximum Gasteiger partial charge on any atom is 0.0896 e. The lowest BCUT2D eigenvalue weighted by atomic mass is 9.42. The molecule has 198 valence electrons. The minimum absolute atomic E-state index is 0.161.